The summed E-state index contributed by atoms with van der Waals surface area (Å²) in [5.74, 6) is -2.07. The molecular weight excluding hydrogens is 250 g/mol. The van der Waals surface area contributed by atoms with Gasteiger partial charge in [0.1, 0.15) is 5.75 Å². The van der Waals surface area contributed by atoms with Crippen molar-refractivity contribution in [3.63, 3.8) is 0 Å². The summed E-state index contributed by atoms with van der Waals surface area (Å²) in [7, 11) is 0. The Kier molecular flexibility index (Phi) is 3.50. The van der Waals surface area contributed by atoms with Crippen LogP contribution in [-0.2, 0) is 14.4 Å². The summed E-state index contributed by atoms with van der Waals surface area (Å²) in [4.78, 5) is 35.3. The molecule has 6 heteroatoms. The minimum atomic E-state index is -1.14. The van der Waals surface area contributed by atoms with Crippen LogP contribution in [0.25, 0.3) is 0 Å². The number of aliphatic carboxylic acids is 1. The lowest BCUT2D eigenvalue weighted by molar-refractivity contribution is -0.144. The van der Waals surface area contributed by atoms with Crippen LogP contribution in [-0.4, -0.2) is 32.9 Å². The third-order valence-corrected chi connectivity index (χ3v) is 3.07. The number of nitrogens with zero attached hydrogens (tertiary/aromatic N) is 1. The van der Waals surface area contributed by atoms with Crippen molar-refractivity contribution in [1.82, 2.24) is 4.90 Å². The second-order valence-corrected chi connectivity index (χ2v) is 4.33. The quantitative estimate of drug-likeness (QED) is 0.792. The summed E-state index contributed by atoms with van der Waals surface area (Å²) in [6.45, 7) is 0. The normalized spacial score (nSPS) is 16.7. The average molecular weight is 263 g/mol. The Bertz CT molecular complexity index is 524. The number of phenolic OH excluding ortho intramolecular Hbond substituents is 1. The number of para-hydroxylation sites is 1. The van der Waals surface area contributed by atoms with Gasteiger partial charge < -0.3 is 10.2 Å². The van der Waals surface area contributed by atoms with E-state index in [1.165, 1.54) is 12.1 Å². The van der Waals surface area contributed by atoms with Crippen LogP contribution in [0.15, 0.2) is 24.3 Å². The Hall–Kier alpha value is -2.37. The Balaban J connectivity index is 2.41. The van der Waals surface area contributed by atoms with Gasteiger partial charge in [-0.15, -0.1) is 0 Å². The fourth-order valence-electron chi connectivity index (χ4n) is 2.22. The van der Waals surface area contributed by atoms with E-state index in [0.29, 0.717) is 0 Å². The molecule has 1 aliphatic heterocycles. The molecule has 1 fully saturated rings. The minimum Gasteiger partial charge on any atom is -0.508 e. The number of imide groups is 1. The van der Waals surface area contributed by atoms with Crippen molar-refractivity contribution >= 4 is 17.8 Å². The van der Waals surface area contributed by atoms with Gasteiger partial charge in [0.25, 0.3) is 0 Å². The van der Waals surface area contributed by atoms with E-state index in [4.69, 9.17) is 5.11 Å². The molecule has 6 nitrogen and oxygen atoms in total. The van der Waals surface area contributed by atoms with Crippen molar-refractivity contribution in [2.45, 2.75) is 25.3 Å². The average Bonchev–Trinajstić information content (AvgIpc) is 2.67. The molecule has 0 radical (unpaired) electrons. The lowest BCUT2D eigenvalue weighted by atomic mass is 10.0. The molecule has 1 aromatic carbocycles. The molecule has 19 heavy (non-hydrogen) atoms. The Morgan fingerprint density at radius 1 is 1.21 bits per heavy atom. The van der Waals surface area contributed by atoms with Crippen molar-refractivity contribution in [1.29, 1.82) is 0 Å². The maximum Gasteiger partial charge on any atom is 0.305 e. The summed E-state index contributed by atoms with van der Waals surface area (Å²) in [5.41, 5.74) is 0.272. The smallest absolute Gasteiger partial charge is 0.305 e. The number of carboxylic acid groups (broad SMARTS) is 1. The van der Waals surface area contributed by atoms with Crippen molar-refractivity contribution in [2.24, 2.45) is 0 Å². The van der Waals surface area contributed by atoms with Crippen LogP contribution in [0.5, 0.6) is 5.75 Å². The molecule has 1 saturated heterocycles. The number of aromatic hydroxyl groups is 1. The van der Waals surface area contributed by atoms with Crippen LogP contribution in [0.2, 0.25) is 0 Å². The standard InChI is InChI=1S/C13H13NO5/c15-10-4-2-1-3-8(10)9(7-13(18)19)14-11(16)5-6-12(14)17/h1-4,9,15H,5-7H2,(H,18,19). The van der Waals surface area contributed by atoms with Crippen LogP contribution in [0.4, 0.5) is 0 Å². The van der Waals surface area contributed by atoms with Crippen LogP contribution in [0, 0.1) is 0 Å². The highest BCUT2D eigenvalue weighted by molar-refractivity contribution is 6.02. The monoisotopic (exact) mass is 263 g/mol. The first-order valence-corrected chi connectivity index (χ1v) is 5.85. The number of carbonyl (C=O) groups excluding carboxylic acids is 2. The molecule has 2 rings (SSSR count). The van der Waals surface area contributed by atoms with Crippen LogP contribution >= 0.6 is 0 Å². The zero-order valence-electron chi connectivity index (χ0n) is 10.1. The number of phenols is 1. The number of carbonyl (C=O) groups is 3. The SMILES string of the molecule is O=C(O)CC(c1ccccc1O)N1C(=O)CCC1=O. The van der Waals surface area contributed by atoms with Crippen molar-refractivity contribution in [3.8, 4) is 5.75 Å². The van der Waals surface area contributed by atoms with Gasteiger partial charge in [-0.05, 0) is 6.07 Å². The number of likely N-dealkylation sites (tertiary alicyclic amines) is 1. The van der Waals surface area contributed by atoms with E-state index in [9.17, 15) is 19.5 Å². The second kappa shape index (κ2) is 5.09. The van der Waals surface area contributed by atoms with Gasteiger partial charge >= 0.3 is 5.97 Å². The topological polar surface area (TPSA) is 94.9 Å². The van der Waals surface area contributed by atoms with Crippen LogP contribution in [0.3, 0.4) is 0 Å². The molecule has 1 atom stereocenters. The van der Waals surface area contributed by atoms with Gasteiger partial charge in [0.15, 0.2) is 0 Å². The molecule has 100 valence electrons. The molecule has 1 aliphatic rings. The van der Waals surface area contributed by atoms with Gasteiger partial charge in [0.2, 0.25) is 11.8 Å². The lowest BCUT2D eigenvalue weighted by Gasteiger charge is -2.25. The van der Waals surface area contributed by atoms with Crippen molar-refractivity contribution in [2.75, 3.05) is 0 Å². The molecular formula is C13H13NO5. The zero-order valence-corrected chi connectivity index (χ0v) is 10.1. The maximum atomic E-state index is 11.7. The van der Waals surface area contributed by atoms with Gasteiger partial charge in [-0.1, -0.05) is 18.2 Å². The molecule has 0 aliphatic carbocycles. The number of amides is 2. The van der Waals surface area contributed by atoms with Crippen molar-refractivity contribution < 1.29 is 24.6 Å². The first-order valence-electron chi connectivity index (χ1n) is 5.85. The van der Waals surface area contributed by atoms with Gasteiger partial charge in [-0.25, -0.2) is 0 Å². The third kappa shape index (κ3) is 2.57. The van der Waals surface area contributed by atoms with Gasteiger partial charge in [-0.2, -0.15) is 0 Å². The first kappa shape index (κ1) is 13.1. The number of benzene rings is 1. The Morgan fingerprint density at radius 2 is 1.79 bits per heavy atom. The molecule has 1 heterocycles. The van der Waals surface area contributed by atoms with E-state index in [2.05, 4.69) is 0 Å². The van der Waals surface area contributed by atoms with E-state index >= 15 is 0 Å². The number of hydrogen-bond acceptors (Lipinski definition) is 4. The Morgan fingerprint density at radius 3 is 2.32 bits per heavy atom. The maximum absolute atomic E-state index is 11.7. The van der Waals surface area contributed by atoms with Gasteiger partial charge in [-0.3, -0.25) is 19.3 Å². The molecule has 2 amide bonds. The van der Waals surface area contributed by atoms with Gasteiger partial charge in [0, 0.05) is 18.4 Å². The summed E-state index contributed by atoms with van der Waals surface area (Å²) in [5, 5.41) is 18.7. The highest BCUT2D eigenvalue weighted by Gasteiger charge is 2.37. The molecule has 0 saturated carbocycles. The summed E-state index contributed by atoms with van der Waals surface area (Å²) < 4.78 is 0. The van der Waals surface area contributed by atoms with E-state index in [1.54, 1.807) is 12.1 Å². The zero-order chi connectivity index (χ0) is 14.0. The highest BCUT2D eigenvalue weighted by Crippen LogP contribution is 2.34. The summed E-state index contributed by atoms with van der Waals surface area (Å²) >= 11 is 0. The third-order valence-electron chi connectivity index (χ3n) is 3.07. The molecule has 1 aromatic rings. The predicted octanol–water partition coefficient (Wildman–Crippen LogP) is 1.06. The lowest BCUT2D eigenvalue weighted by Crippen LogP contribution is -2.34. The molecule has 0 spiro atoms. The highest BCUT2D eigenvalue weighted by atomic mass is 16.4. The van der Waals surface area contributed by atoms with Gasteiger partial charge in [0.05, 0.1) is 12.5 Å². The second-order valence-electron chi connectivity index (χ2n) is 4.33. The van der Waals surface area contributed by atoms with E-state index < -0.39 is 30.2 Å². The van der Waals surface area contributed by atoms with Crippen molar-refractivity contribution in [3.05, 3.63) is 29.8 Å². The van der Waals surface area contributed by atoms with E-state index in [1.807, 2.05) is 0 Å². The minimum absolute atomic E-state index is 0.0859. The summed E-state index contributed by atoms with van der Waals surface area (Å²) in [6, 6.07) is 5.16. The summed E-state index contributed by atoms with van der Waals surface area (Å²) in [6.07, 6.45) is -0.250. The van der Waals surface area contributed by atoms with Crippen LogP contribution in [0.1, 0.15) is 30.9 Å². The fraction of sp³-hybridized carbons (Fsp3) is 0.308. The molecule has 0 bridgehead atoms. The molecule has 0 aromatic heterocycles. The van der Waals surface area contributed by atoms with E-state index in [-0.39, 0.29) is 24.2 Å². The molecule has 1 unspecified atom stereocenters. The molecule has 2 N–H and O–H groups in total. The van der Waals surface area contributed by atoms with E-state index in [0.717, 1.165) is 4.90 Å². The number of rotatable bonds is 4. The number of hydrogen-bond donors (Lipinski definition) is 2. The largest absolute Gasteiger partial charge is 0.508 e. The van der Waals surface area contributed by atoms with Crippen LogP contribution < -0.4 is 0 Å². The first-order chi connectivity index (χ1) is 9.00. The number of carboxylic acids is 1. The fourth-order valence-corrected chi connectivity index (χ4v) is 2.22. The predicted molar refractivity (Wildman–Crippen MR) is 64.2 cm³/mol. The Labute approximate surface area is 109 Å².